The van der Waals surface area contributed by atoms with Crippen LogP contribution in [0.1, 0.15) is 36.8 Å². The Morgan fingerprint density at radius 3 is 2.50 bits per heavy atom. The van der Waals surface area contributed by atoms with Crippen molar-refractivity contribution < 1.29 is 0 Å². The van der Waals surface area contributed by atoms with Crippen LogP contribution in [0.15, 0.2) is 30.5 Å². The molecule has 0 aliphatic carbocycles. The molecule has 3 rings (SSSR count). The first-order chi connectivity index (χ1) is 10.7. The molecular formula is C18H24N4. The number of rotatable bonds is 3. The monoisotopic (exact) mass is 296 g/mol. The van der Waals surface area contributed by atoms with Crippen molar-refractivity contribution in [2.75, 3.05) is 23.3 Å². The zero-order valence-electron chi connectivity index (χ0n) is 13.5. The number of nitrogens with one attached hydrogen (secondary N) is 1. The Bertz CT molecular complexity index is 631. The molecule has 116 valence electrons. The van der Waals surface area contributed by atoms with Gasteiger partial charge < -0.3 is 10.2 Å². The van der Waals surface area contributed by atoms with Crippen LogP contribution in [-0.2, 0) is 0 Å². The van der Waals surface area contributed by atoms with Gasteiger partial charge in [0.05, 0.1) is 0 Å². The van der Waals surface area contributed by atoms with Gasteiger partial charge in [-0.15, -0.1) is 0 Å². The van der Waals surface area contributed by atoms with E-state index in [2.05, 4.69) is 47.2 Å². The average molecular weight is 296 g/mol. The number of hydrogen-bond acceptors (Lipinski definition) is 4. The Kier molecular flexibility index (Phi) is 4.56. The van der Waals surface area contributed by atoms with Crippen LogP contribution in [-0.4, -0.2) is 23.1 Å². The quantitative estimate of drug-likeness (QED) is 0.921. The summed E-state index contributed by atoms with van der Waals surface area (Å²) in [7, 11) is 0. The molecule has 2 aromatic rings. The maximum Gasteiger partial charge on any atom is 0.229 e. The summed E-state index contributed by atoms with van der Waals surface area (Å²) in [5.41, 5.74) is 3.55. The van der Waals surface area contributed by atoms with Gasteiger partial charge in [-0.1, -0.05) is 30.5 Å². The number of hydrogen-bond donors (Lipinski definition) is 1. The molecule has 0 spiro atoms. The minimum absolute atomic E-state index is 0.675. The van der Waals surface area contributed by atoms with E-state index in [0.29, 0.717) is 5.95 Å². The van der Waals surface area contributed by atoms with Gasteiger partial charge >= 0.3 is 0 Å². The Hall–Kier alpha value is -2.10. The molecule has 0 atom stereocenters. The summed E-state index contributed by atoms with van der Waals surface area (Å²) in [5, 5.41) is 3.35. The van der Waals surface area contributed by atoms with E-state index in [4.69, 9.17) is 4.98 Å². The highest BCUT2D eigenvalue weighted by Crippen LogP contribution is 2.22. The molecule has 1 aromatic heterocycles. The lowest BCUT2D eigenvalue weighted by molar-refractivity contribution is 0.726. The molecule has 1 N–H and O–H groups in total. The van der Waals surface area contributed by atoms with Crippen LogP contribution in [0.3, 0.4) is 0 Å². The van der Waals surface area contributed by atoms with Gasteiger partial charge in [0.25, 0.3) is 0 Å². The molecule has 0 amide bonds. The molecule has 4 heteroatoms. The predicted octanol–water partition coefficient (Wildman–Crippen LogP) is 4.22. The summed E-state index contributed by atoms with van der Waals surface area (Å²) in [5.74, 6) is 1.71. The number of aromatic nitrogens is 2. The first-order valence-corrected chi connectivity index (χ1v) is 8.15. The van der Waals surface area contributed by atoms with Crippen LogP contribution in [0.4, 0.5) is 17.5 Å². The third-order valence-electron chi connectivity index (χ3n) is 4.20. The third-order valence-corrected chi connectivity index (χ3v) is 4.20. The van der Waals surface area contributed by atoms with Crippen molar-refractivity contribution in [2.45, 2.75) is 39.5 Å². The summed E-state index contributed by atoms with van der Waals surface area (Å²) in [6, 6.07) is 8.38. The molecule has 2 heterocycles. The average Bonchev–Trinajstić information content (AvgIpc) is 2.80. The summed E-state index contributed by atoms with van der Waals surface area (Å²) in [6.45, 7) is 6.40. The van der Waals surface area contributed by atoms with Crippen molar-refractivity contribution in [1.29, 1.82) is 0 Å². The zero-order chi connectivity index (χ0) is 15.4. The van der Waals surface area contributed by atoms with Crippen LogP contribution in [0.2, 0.25) is 0 Å². The molecule has 1 aliphatic heterocycles. The number of benzene rings is 1. The highest BCUT2D eigenvalue weighted by atomic mass is 15.2. The highest BCUT2D eigenvalue weighted by molar-refractivity contribution is 5.59. The fourth-order valence-corrected chi connectivity index (χ4v) is 2.96. The van der Waals surface area contributed by atoms with Crippen molar-refractivity contribution >= 4 is 17.5 Å². The van der Waals surface area contributed by atoms with Crippen LogP contribution in [0.25, 0.3) is 0 Å². The van der Waals surface area contributed by atoms with Gasteiger partial charge in [0.1, 0.15) is 5.82 Å². The topological polar surface area (TPSA) is 41.1 Å². The Labute approximate surface area is 132 Å². The summed E-state index contributed by atoms with van der Waals surface area (Å²) < 4.78 is 0. The maximum absolute atomic E-state index is 4.70. The molecule has 4 nitrogen and oxygen atoms in total. The van der Waals surface area contributed by atoms with Crippen molar-refractivity contribution in [3.05, 3.63) is 41.6 Å². The van der Waals surface area contributed by atoms with Gasteiger partial charge in [-0.05, 0) is 44.4 Å². The van der Waals surface area contributed by atoms with E-state index in [0.717, 1.165) is 24.6 Å². The zero-order valence-corrected chi connectivity index (χ0v) is 13.5. The predicted molar refractivity (Wildman–Crippen MR) is 91.9 cm³/mol. The van der Waals surface area contributed by atoms with E-state index in [1.54, 1.807) is 0 Å². The standard InChI is InChI=1S/C18H24N4/c1-14-7-8-16(15(2)13-14)20-18-19-10-9-17(21-18)22-11-5-3-4-6-12-22/h7-10,13H,3-6,11-12H2,1-2H3,(H,19,20,21). The van der Waals surface area contributed by atoms with Crippen LogP contribution in [0.5, 0.6) is 0 Å². The van der Waals surface area contributed by atoms with E-state index in [9.17, 15) is 0 Å². The third kappa shape index (κ3) is 3.56. The Morgan fingerprint density at radius 1 is 1.00 bits per heavy atom. The summed E-state index contributed by atoms with van der Waals surface area (Å²) in [4.78, 5) is 11.4. The largest absolute Gasteiger partial charge is 0.356 e. The lowest BCUT2D eigenvalue weighted by Gasteiger charge is -2.21. The van der Waals surface area contributed by atoms with Gasteiger partial charge in [-0.2, -0.15) is 4.98 Å². The van der Waals surface area contributed by atoms with Gasteiger partial charge in [-0.3, -0.25) is 0 Å². The Morgan fingerprint density at radius 2 is 1.77 bits per heavy atom. The second kappa shape index (κ2) is 6.77. The molecule has 0 unspecified atom stereocenters. The number of nitrogens with zero attached hydrogens (tertiary/aromatic N) is 3. The molecule has 0 saturated carbocycles. The second-order valence-corrected chi connectivity index (χ2v) is 6.08. The van der Waals surface area contributed by atoms with Crippen molar-refractivity contribution in [2.24, 2.45) is 0 Å². The van der Waals surface area contributed by atoms with E-state index < -0.39 is 0 Å². The van der Waals surface area contributed by atoms with E-state index in [-0.39, 0.29) is 0 Å². The van der Waals surface area contributed by atoms with Crippen molar-refractivity contribution in [1.82, 2.24) is 9.97 Å². The maximum atomic E-state index is 4.70. The molecule has 0 bridgehead atoms. The molecule has 1 fully saturated rings. The lowest BCUT2D eigenvalue weighted by atomic mass is 10.1. The fourth-order valence-electron chi connectivity index (χ4n) is 2.96. The fraction of sp³-hybridized carbons (Fsp3) is 0.444. The van der Waals surface area contributed by atoms with E-state index >= 15 is 0 Å². The lowest BCUT2D eigenvalue weighted by Crippen LogP contribution is -2.25. The van der Waals surface area contributed by atoms with E-state index in [1.807, 2.05) is 12.3 Å². The number of aryl methyl sites for hydroxylation is 2. The van der Waals surface area contributed by atoms with Crippen LogP contribution in [0, 0.1) is 13.8 Å². The van der Waals surface area contributed by atoms with Crippen LogP contribution >= 0.6 is 0 Å². The van der Waals surface area contributed by atoms with Gasteiger partial charge in [0.15, 0.2) is 0 Å². The van der Waals surface area contributed by atoms with Crippen molar-refractivity contribution in [3.63, 3.8) is 0 Å². The molecule has 1 saturated heterocycles. The SMILES string of the molecule is Cc1ccc(Nc2nccc(N3CCCCCC3)n2)c(C)c1. The molecule has 22 heavy (non-hydrogen) atoms. The van der Waals surface area contributed by atoms with Crippen LogP contribution < -0.4 is 10.2 Å². The smallest absolute Gasteiger partial charge is 0.229 e. The summed E-state index contributed by atoms with van der Waals surface area (Å²) in [6.07, 6.45) is 7.01. The minimum atomic E-state index is 0.675. The molecule has 1 aromatic carbocycles. The highest BCUT2D eigenvalue weighted by Gasteiger charge is 2.12. The van der Waals surface area contributed by atoms with Gasteiger partial charge in [-0.25, -0.2) is 4.98 Å². The summed E-state index contributed by atoms with van der Waals surface area (Å²) >= 11 is 0. The van der Waals surface area contributed by atoms with Gasteiger partial charge in [0.2, 0.25) is 5.95 Å². The number of anilines is 3. The van der Waals surface area contributed by atoms with E-state index in [1.165, 1.54) is 36.8 Å². The first-order valence-electron chi connectivity index (χ1n) is 8.15. The van der Waals surface area contributed by atoms with Gasteiger partial charge in [0, 0.05) is 25.0 Å². The first kappa shape index (κ1) is 14.8. The van der Waals surface area contributed by atoms with Crippen molar-refractivity contribution in [3.8, 4) is 0 Å². The molecule has 0 radical (unpaired) electrons. The Balaban J connectivity index is 1.78. The molecular weight excluding hydrogens is 272 g/mol. The normalized spacial score (nSPS) is 15.5. The second-order valence-electron chi connectivity index (χ2n) is 6.08. The minimum Gasteiger partial charge on any atom is -0.356 e. The molecule has 1 aliphatic rings.